The van der Waals surface area contributed by atoms with Crippen LogP contribution < -0.4 is 14.5 Å². The maximum Gasteiger partial charge on any atom is 0.192 e. The van der Waals surface area contributed by atoms with Crippen LogP contribution in [0, 0.1) is 18.8 Å². The molecule has 39 heavy (non-hydrogen) atoms. The number of para-hydroxylation sites is 3. The number of hydrogen-bond acceptors (Lipinski definition) is 5. The van der Waals surface area contributed by atoms with E-state index in [-0.39, 0.29) is 21.1 Å². The first-order chi connectivity index (χ1) is 19.8. The molecular weight excluding hydrogens is 684 g/mol. The van der Waals surface area contributed by atoms with E-state index in [4.69, 9.17) is 13.8 Å². The fraction of sp³-hybridized carbons (Fsp3) is 0.125. The molecule has 0 fully saturated rings. The van der Waals surface area contributed by atoms with Crippen LogP contribution in [0.25, 0.3) is 26.9 Å². The number of nitrogens with zero attached hydrogens (tertiary/aromatic N) is 4. The molecule has 0 N–H and O–H groups in total. The van der Waals surface area contributed by atoms with Gasteiger partial charge in [-0.3, -0.25) is 0 Å². The maximum absolute atomic E-state index is 7.97. The zero-order valence-corrected chi connectivity index (χ0v) is 24.2. The van der Waals surface area contributed by atoms with Crippen molar-refractivity contribution >= 4 is 50.2 Å². The molecule has 7 heteroatoms. The van der Waals surface area contributed by atoms with E-state index < -0.39 is 6.98 Å². The predicted molar refractivity (Wildman–Crippen MR) is 156 cm³/mol. The molecule has 0 bridgehead atoms. The molecule has 3 heterocycles. The molecule has 7 rings (SSSR count). The van der Waals surface area contributed by atoms with Gasteiger partial charge in [0.2, 0.25) is 0 Å². The summed E-state index contributed by atoms with van der Waals surface area (Å²) in [5.41, 5.74) is 4.00. The van der Waals surface area contributed by atoms with E-state index >= 15 is 0 Å². The van der Waals surface area contributed by atoms with Gasteiger partial charge in [0.05, 0.1) is 0 Å². The third kappa shape index (κ3) is 4.42. The average Bonchev–Trinajstić information content (AvgIpc) is 3.67. The summed E-state index contributed by atoms with van der Waals surface area (Å²) in [6.07, 6.45) is 1.95. The second kappa shape index (κ2) is 10.2. The van der Waals surface area contributed by atoms with E-state index in [2.05, 4.69) is 48.7 Å². The van der Waals surface area contributed by atoms with Crippen LogP contribution in [-0.2, 0) is 21.1 Å². The second-order valence-electron chi connectivity index (χ2n) is 9.48. The van der Waals surface area contributed by atoms with Crippen LogP contribution in [-0.4, -0.2) is 16.5 Å². The van der Waals surface area contributed by atoms with Gasteiger partial charge in [0.15, 0.2) is 5.13 Å². The van der Waals surface area contributed by atoms with Crippen LogP contribution in [0.3, 0.4) is 0 Å². The van der Waals surface area contributed by atoms with Crippen LogP contribution in [0.5, 0.6) is 11.5 Å². The zero-order chi connectivity index (χ0) is 28.3. The van der Waals surface area contributed by atoms with Gasteiger partial charge in [0, 0.05) is 64.6 Å². The van der Waals surface area contributed by atoms with Crippen molar-refractivity contribution in [3.8, 4) is 16.6 Å². The van der Waals surface area contributed by atoms with Crippen molar-refractivity contribution in [1.29, 1.82) is 0 Å². The van der Waals surface area contributed by atoms with Crippen LogP contribution in [0.2, 0.25) is 0 Å². The third-order valence-electron chi connectivity index (χ3n) is 6.69. The van der Waals surface area contributed by atoms with Crippen molar-refractivity contribution in [2.45, 2.75) is 19.8 Å². The summed E-state index contributed by atoms with van der Waals surface area (Å²) in [5, 5.41) is 3.09. The molecule has 0 aliphatic carbocycles. The van der Waals surface area contributed by atoms with Gasteiger partial charge in [-0.05, 0) is 36.5 Å². The van der Waals surface area contributed by atoms with Crippen molar-refractivity contribution in [1.82, 2.24) is 9.55 Å². The normalized spacial score (nSPS) is 14.3. The minimum Gasteiger partial charge on any atom is -0.509 e. The van der Waals surface area contributed by atoms with Crippen molar-refractivity contribution in [2.24, 2.45) is 0 Å². The minimum absolute atomic E-state index is 0. The summed E-state index contributed by atoms with van der Waals surface area (Å²) in [7, 11) is 0. The Hall–Kier alpha value is -3.60. The molecule has 0 saturated carbocycles. The number of fused-ring (bicyclic) bond motifs is 4. The van der Waals surface area contributed by atoms with Gasteiger partial charge >= 0.3 is 0 Å². The maximum atomic E-state index is 7.97. The quantitative estimate of drug-likeness (QED) is 0.168. The number of anilines is 3. The third-order valence-corrected chi connectivity index (χ3v) is 7.98. The Labute approximate surface area is 250 Å². The van der Waals surface area contributed by atoms with E-state index in [1.54, 1.807) is 24.1 Å². The zero-order valence-electron chi connectivity index (χ0n) is 24.2. The van der Waals surface area contributed by atoms with Gasteiger partial charge in [0.1, 0.15) is 0 Å². The van der Waals surface area contributed by atoms with Crippen LogP contribution in [0.4, 0.5) is 17.1 Å². The van der Waals surface area contributed by atoms with E-state index in [0.717, 1.165) is 32.6 Å². The summed E-state index contributed by atoms with van der Waals surface area (Å²) in [6.45, 7) is 3.62. The molecule has 0 spiro atoms. The van der Waals surface area contributed by atoms with Crippen LogP contribution in [0.15, 0.2) is 85.1 Å². The standard InChI is InChI=1S/C32H25N4OS.Pt/c1-21(2)31-19-33-32(38-31)36-27-12-5-4-11-25(27)26-16-15-24(18-30(26)36)37-23-10-8-9-22(17-23)35-20-34(3)28-13-6-7-14-29(28)35;/h4-16,19-21H,1-3H3;/q-3;/i3D3;. The van der Waals surface area contributed by atoms with Crippen molar-refractivity contribution < 1.29 is 29.9 Å². The Kier molecular flexibility index (Phi) is 5.80. The number of rotatable bonds is 5. The molecule has 6 aromatic rings. The second-order valence-corrected chi connectivity index (χ2v) is 10.5. The minimum atomic E-state index is -2.31. The molecule has 5 nitrogen and oxygen atoms in total. The van der Waals surface area contributed by atoms with Crippen molar-refractivity contribution in [2.75, 3.05) is 16.8 Å². The Bertz CT molecular complexity index is 1920. The topological polar surface area (TPSA) is 33.5 Å². The summed E-state index contributed by atoms with van der Waals surface area (Å²) in [5.74, 6) is 1.44. The van der Waals surface area contributed by atoms with E-state index in [0.29, 0.717) is 28.8 Å². The predicted octanol–water partition coefficient (Wildman–Crippen LogP) is 8.46. The van der Waals surface area contributed by atoms with Crippen molar-refractivity contribution in [3.63, 3.8) is 0 Å². The summed E-state index contributed by atoms with van der Waals surface area (Å²) in [4.78, 5) is 9.09. The Morgan fingerprint density at radius 2 is 1.69 bits per heavy atom. The molecule has 1 aliphatic rings. The van der Waals surface area contributed by atoms with Gasteiger partial charge in [0.25, 0.3) is 0 Å². The average molecular weight is 712 g/mol. The molecule has 4 aromatic carbocycles. The molecule has 0 amide bonds. The number of benzene rings is 4. The molecule has 0 saturated heterocycles. The Morgan fingerprint density at radius 1 is 0.897 bits per heavy atom. The summed E-state index contributed by atoms with van der Waals surface area (Å²) in [6, 6.07) is 32.0. The molecule has 1 aliphatic heterocycles. The molecule has 2 aromatic heterocycles. The first-order valence-electron chi connectivity index (χ1n) is 13.9. The molecule has 0 radical (unpaired) electrons. The van der Waals surface area contributed by atoms with E-state index in [9.17, 15) is 0 Å². The van der Waals surface area contributed by atoms with Crippen LogP contribution >= 0.6 is 11.3 Å². The van der Waals surface area contributed by atoms with Gasteiger partial charge in [-0.15, -0.1) is 52.7 Å². The SMILES string of the molecule is [2H]C([2H])([2H])N1[CH-]N(c2[c-]c(Oc3[c-]c4c(cc3)c3ccccc3n4-c3ncc(C(C)C)s3)ccc2)c2ccccc21.[Pt]. The monoisotopic (exact) mass is 711 g/mol. The first-order valence-corrected chi connectivity index (χ1v) is 13.2. The first kappa shape index (κ1) is 22.2. The largest absolute Gasteiger partial charge is 0.509 e. The van der Waals surface area contributed by atoms with Gasteiger partial charge in [-0.1, -0.05) is 49.7 Å². The smallest absolute Gasteiger partial charge is 0.192 e. The summed E-state index contributed by atoms with van der Waals surface area (Å²) < 4.78 is 32.3. The molecule has 0 unspecified atom stereocenters. The van der Waals surface area contributed by atoms with Crippen LogP contribution in [0.1, 0.15) is 28.8 Å². The number of hydrogen-bond donors (Lipinski definition) is 0. The Balaban J connectivity index is 0.00000316. The van der Waals surface area contributed by atoms with Crippen molar-refractivity contribution in [3.05, 3.63) is 109 Å². The van der Waals surface area contributed by atoms with E-state index in [1.807, 2.05) is 65.7 Å². The number of ether oxygens (including phenoxy) is 1. The molecule has 198 valence electrons. The van der Waals surface area contributed by atoms with E-state index in [1.165, 1.54) is 9.78 Å². The molecular formula is C32H25N4OPtS-3. The Morgan fingerprint density at radius 3 is 2.51 bits per heavy atom. The fourth-order valence-corrected chi connectivity index (χ4v) is 5.78. The fourth-order valence-electron chi connectivity index (χ4n) is 4.84. The summed E-state index contributed by atoms with van der Waals surface area (Å²) >= 11 is 1.68. The van der Waals surface area contributed by atoms with Gasteiger partial charge in [-0.25, -0.2) is 4.98 Å². The van der Waals surface area contributed by atoms with Gasteiger partial charge < -0.3 is 19.1 Å². The number of aromatic nitrogens is 2. The van der Waals surface area contributed by atoms with Gasteiger partial charge in [-0.2, -0.15) is 18.8 Å². The molecule has 0 atom stereocenters. The number of thiazole rings is 1.